The Hall–Kier alpha value is -2.23. The first-order valence-electron chi connectivity index (χ1n) is 10.8. The Morgan fingerprint density at radius 1 is 1.21 bits per heavy atom. The first kappa shape index (κ1) is 18.8. The van der Waals surface area contributed by atoms with Gasteiger partial charge in [0.2, 0.25) is 0 Å². The van der Waals surface area contributed by atoms with Crippen LogP contribution in [0.1, 0.15) is 59.3 Å². The van der Waals surface area contributed by atoms with Crippen LogP contribution in [-0.2, 0) is 19.1 Å². The molecule has 0 aromatic carbocycles. The van der Waals surface area contributed by atoms with E-state index in [4.69, 9.17) is 4.74 Å². The van der Waals surface area contributed by atoms with Gasteiger partial charge in [0, 0.05) is 18.3 Å². The number of ether oxygens (including phenoxy) is 1. The fourth-order valence-corrected chi connectivity index (χ4v) is 6.85. The maximum atomic E-state index is 13.2. The van der Waals surface area contributed by atoms with Crippen LogP contribution in [0.5, 0.6) is 0 Å². The number of allylic oxidation sites excluding steroid dienone is 6. The summed E-state index contributed by atoms with van der Waals surface area (Å²) in [5, 5.41) is 0. The summed E-state index contributed by atoms with van der Waals surface area (Å²) in [4.78, 5) is 38.4. The van der Waals surface area contributed by atoms with E-state index in [-0.39, 0.29) is 22.6 Å². The second-order valence-corrected chi connectivity index (χ2v) is 9.70. The van der Waals surface area contributed by atoms with E-state index in [1.54, 1.807) is 6.08 Å². The molecule has 0 aliphatic heterocycles. The summed E-state index contributed by atoms with van der Waals surface area (Å²) in [6.07, 6.45) is 12.3. The summed E-state index contributed by atoms with van der Waals surface area (Å²) < 4.78 is 5.45. The summed E-state index contributed by atoms with van der Waals surface area (Å²) in [7, 11) is 0. The maximum Gasteiger partial charge on any atom is 0.317 e. The van der Waals surface area contributed by atoms with Crippen LogP contribution < -0.4 is 0 Å². The van der Waals surface area contributed by atoms with Gasteiger partial charge in [0.25, 0.3) is 0 Å². The molecule has 29 heavy (non-hydrogen) atoms. The van der Waals surface area contributed by atoms with Crippen LogP contribution in [0.25, 0.3) is 0 Å². The first-order valence-corrected chi connectivity index (χ1v) is 10.8. The Labute approximate surface area is 171 Å². The van der Waals surface area contributed by atoms with Gasteiger partial charge < -0.3 is 4.74 Å². The van der Waals surface area contributed by atoms with E-state index in [1.807, 2.05) is 19.1 Å². The van der Waals surface area contributed by atoms with Crippen molar-refractivity contribution in [2.24, 2.45) is 22.2 Å². The van der Waals surface area contributed by atoms with E-state index in [0.717, 1.165) is 42.4 Å². The fraction of sp³-hybridized carbons (Fsp3) is 0.560. The van der Waals surface area contributed by atoms with Gasteiger partial charge >= 0.3 is 5.97 Å². The van der Waals surface area contributed by atoms with Crippen molar-refractivity contribution in [2.45, 2.75) is 59.3 Å². The Kier molecular flexibility index (Phi) is 3.82. The van der Waals surface area contributed by atoms with Crippen LogP contribution in [0, 0.1) is 22.2 Å². The third-order valence-corrected chi connectivity index (χ3v) is 8.47. The summed E-state index contributed by atoms with van der Waals surface area (Å²) >= 11 is 0. The van der Waals surface area contributed by atoms with E-state index in [2.05, 4.69) is 19.9 Å². The molecule has 4 nitrogen and oxygen atoms in total. The molecule has 0 heterocycles. The highest BCUT2D eigenvalue weighted by atomic mass is 16.5. The summed E-state index contributed by atoms with van der Waals surface area (Å²) in [5.74, 6) is -0.376. The smallest absolute Gasteiger partial charge is 0.317 e. The van der Waals surface area contributed by atoms with Gasteiger partial charge in [0.05, 0.1) is 12.0 Å². The molecule has 0 N–H and O–H groups in total. The average Bonchev–Trinajstić information content (AvgIpc) is 3.12. The number of esters is 1. The van der Waals surface area contributed by atoms with Crippen molar-refractivity contribution >= 4 is 17.5 Å². The molecule has 0 aromatic heterocycles. The van der Waals surface area contributed by atoms with Crippen molar-refractivity contribution in [1.29, 1.82) is 0 Å². The molecule has 1 unspecified atom stereocenters. The van der Waals surface area contributed by atoms with Gasteiger partial charge in [-0.05, 0) is 62.2 Å². The maximum absolute atomic E-state index is 13.2. The van der Waals surface area contributed by atoms with Gasteiger partial charge in [0.15, 0.2) is 5.78 Å². The van der Waals surface area contributed by atoms with Gasteiger partial charge in [0.1, 0.15) is 11.7 Å². The number of rotatable bonds is 2. The monoisotopic (exact) mass is 392 g/mol. The van der Waals surface area contributed by atoms with Crippen molar-refractivity contribution in [1.82, 2.24) is 0 Å². The van der Waals surface area contributed by atoms with Gasteiger partial charge in [-0.1, -0.05) is 36.3 Å². The zero-order chi connectivity index (χ0) is 20.6. The second-order valence-electron chi connectivity index (χ2n) is 9.70. The van der Waals surface area contributed by atoms with E-state index in [0.29, 0.717) is 25.2 Å². The molecule has 0 bridgehead atoms. The largest absolute Gasteiger partial charge is 0.465 e. The molecule has 1 fully saturated rings. The standard InChI is InChI=1S/C25H28O4/c1-4-29-22(28)17-14-15-13-16(26)5-11-24(15,3)18-7-12-25-19(21(17)18)6-9-23(25,2)10-8-20(25)27/h5-6,11,14,17H,4,7-10,12-13H2,1-3H3/t17-,23+,24?,25-/m1/s1. The molecule has 5 aliphatic rings. The minimum Gasteiger partial charge on any atom is -0.465 e. The number of carbonyl (C=O) groups excluding carboxylic acids is 3. The van der Waals surface area contributed by atoms with Gasteiger partial charge in [-0.15, -0.1) is 0 Å². The summed E-state index contributed by atoms with van der Waals surface area (Å²) in [5.41, 5.74) is 3.46. The number of hydrogen-bond donors (Lipinski definition) is 0. The Morgan fingerprint density at radius 2 is 2.00 bits per heavy atom. The normalized spacial score (nSPS) is 40.0. The van der Waals surface area contributed by atoms with Crippen LogP contribution in [0.15, 0.2) is 46.6 Å². The SMILES string of the molecule is CCOC(=O)[C@@H]1C=C2CC(=O)C=CC2(C)C2=C1C1=CC[C@@]3(C)CCC(=O)[C@@]13CC2. The lowest BCUT2D eigenvalue weighted by Gasteiger charge is -2.50. The van der Waals surface area contributed by atoms with Crippen molar-refractivity contribution in [3.8, 4) is 0 Å². The zero-order valence-corrected chi connectivity index (χ0v) is 17.5. The molecule has 0 amide bonds. The minimum atomic E-state index is -0.522. The lowest BCUT2D eigenvalue weighted by molar-refractivity contribution is -0.145. The minimum absolute atomic E-state index is 0.0412. The van der Waals surface area contributed by atoms with E-state index in [1.165, 1.54) is 5.57 Å². The molecule has 5 aliphatic carbocycles. The molecule has 0 radical (unpaired) electrons. The summed E-state index contributed by atoms with van der Waals surface area (Å²) in [6.45, 7) is 6.53. The highest BCUT2D eigenvalue weighted by Gasteiger charge is 2.65. The number of carbonyl (C=O) groups is 3. The molecule has 4 atom stereocenters. The van der Waals surface area contributed by atoms with Gasteiger partial charge in [-0.3, -0.25) is 14.4 Å². The number of fused-ring (bicyclic) bond motifs is 3. The van der Waals surface area contributed by atoms with E-state index < -0.39 is 11.3 Å². The van der Waals surface area contributed by atoms with Crippen LogP contribution in [0.2, 0.25) is 0 Å². The van der Waals surface area contributed by atoms with Gasteiger partial charge in [-0.2, -0.15) is 0 Å². The van der Waals surface area contributed by atoms with Crippen molar-refractivity contribution in [3.63, 3.8) is 0 Å². The number of ketones is 2. The van der Waals surface area contributed by atoms with Crippen LogP contribution in [0.3, 0.4) is 0 Å². The Balaban J connectivity index is 1.73. The lowest BCUT2D eigenvalue weighted by atomic mass is 9.52. The third kappa shape index (κ3) is 2.18. The number of hydrogen-bond acceptors (Lipinski definition) is 4. The molecule has 0 aromatic rings. The lowest BCUT2D eigenvalue weighted by Crippen LogP contribution is -2.45. The Morgan fingerprint density at radius 3 is 2.76 bits per heavy atom. The van der Waals surface area contributed by atoms with Crippen LogP contribution >= 0.6 is 0 Å². The van der Waals surface area contributed by atoms with Gasteiger partial charge in [-0.25, -0.2) is 0 Å². The molecule has 152 valence electrons. The molecule has 1 saturated carbocycles. The molecule has 4 heteroatoms. The van der Waals surface area contributed by atoms with Crippen LogP contribution in [-0.4, -0.2) is 24.1 Å². The van der Waals surface area contributed by atoms with E-state index >= 15 is 0 Å². The molecule has 0 saturated heterocycles. The first-order chi connectivity index (χ1) is 13.8. The molecule has 5 rings (SSSR count). The van der Waals surface area contributed by atoms with Crippen molar-refractivity contribution in [2.75, 3.05) is 6.61 Å². The summed E-state index contributed by atoms with van der Waals surface area (Å²) in [6, 6.07) is 0. The third-order valence-electron chi connectivity index (χ3n) is 8.47. The highest BCUT2D eigenvalue weighted by Crippen LogP contribution is 2.69. The predicted molar refractivity (Wildman–Crippen MR) is 109 cm³/mol. The second kappa shape index (κ2) is 5.90. The molecule has 1 spiro atoms. The molecular weight excluding hydrogens is 364 g/mol. The molecular formula is C25H28O4. The fourth-order valence-electron chi connectivity index (χ4n) is 6.85. The van der Waals surface area contributed by atoms with Crippen molar-refractivity contribution in [3.05, 3.63) is 46.6 Å². The Bertz CT molecular complexity index is 977. The average molecular weight is 392 g/mol. The quantitative estimate of drug-likeness (QED) is 0.516. The van der Waals surface area contributed by atoms with Crippen molar-refractivity contribution < 1.29 is 19.1 Å². The number of Topliss-reactive ketones (excluding diaryl/α,β-unsaturated/α-hetero) is 1. The predicted octanol–water partition coefficient (Wildman–Crippen LogP) is 4.42. The topological polar surface area (TPSA) is 60.4 Å². The van der Waals surface area contributed by atoms with E-state index in [9.17, 15) is 14.4 Å². The van der Waals surface area contributed by atoms with Crippen LogP contribution in [0.4, 0.5) is 0 Å². The zero-order valence-electron chi connectivity index (χ0n) is 17.5. The highest BCUT2D eigenvalue weighted by molar-refractivity contribution is 5.97.